The van der Waals surface area contributed by atoms with E-state index in [9.17, 15) is 4.79 Å². The number of para-hydroxylation sites is 1. The molecule has 0 fully saturated rings. The zero-order valence-corrected chi connectivity index (χ0v) is 17.8. The second kappa shape index (κ2) is 10.1. The summed E-state index contributed by atoms with van der Waals surface area (Å²) < 4.78 is 2.18. The molecule has 3 aromatic rings. The van der Waals surface area contributed by atoms with Gasteiger partial charge in [-0.05, 0) is 48.7 Å². The number of amides is 2. The zero-order chi connectivity index (χ0) is 22.2. The number of hydroxylamine groups is 1. The molecule has 1 aromatic heterocycles. The van der Waals surface area contributed by atoms with Gasteiger partial charge in [-0.15, -0.1) is 0 Å². The average molecular weight is 428 g/mol. The highest BCUT2D eigenvalue weighted by Gasteiger charge is 2.07. The van der Waals surface area contributed by atoms with Gasteiger partial charge in [-0.3, -0.25) is 0 Å². The van der Waals surface area contributed by atoms with E-state index >= 15 is 0 Å². The molecule has 4 N–H and O–H groups in total. The number of hydrogen-bond acceptors (Lipinski definition) is 4. The van der Waals surface area contributed by atoms with Crippen LogP contribution in [0.1, 0.15) is 18.2 Å². The van der Waals surface area contributed by atoms with Gasteiger partial charge in [0, 0.05) is 35.8 Å². The molecule has 0 radical (unpaired) electrons. The lowest BCUT2D eigenvalue weighted by Gasteiger charge is -2.11. The SMILES string of the molecule is CCn1c(C#CCNC(=O)Nc2ccccc2)cc2cc(CNC3=CNOC=C3)ccc21. The first-order valence-electron chi connectivity index (χ1n) is 10.5. The van der Waals surface area contributed by atoms with E-state index in [-0.39, 0.29) is 12.6 Å². The van der Waals surface area contributed by atoms with Crippen molar-refractivity contribution in [2.45, 2.75) is 20.0 Å². The Morgan fingerprint density at radius 2 is 2.03 bits per heavy atom. The summed E-state index contributed by atoms with van der Waals surface area (Å²) in [5, 5.41) is 10.0. The first-order chi connectivity index (χ1) is 15.7. The van der Waals surface area contributed by atoms with Crippen LogP contribution in [0.25, 0.3) is 10.9 Å². The molecule has 32 heavy (non-hydrogen) atoms. The monoisotopic (exact) mass is 427 g/mol. The number of fused-ring (bicyclic) bond motifs is 1. The fourth-order valence-electron chi connectivity index (χ4n) is 3.44. The van der Waals surface area contributed by atoms with Crippen LogP contribution >= 0.6 is 0 Å². The smallest absolute Gasteiger partial charge is 0.319 e. The molecule has 162 valence electrons. The highest BCUT2D eigenvalue weighted by molar-refractivity contribution is 5.89. The van der Waals surface area contributed by atoms with Gasteiger partial charge in [-0.1, -0.05) is 30.2 Å². The Labute approximate surface area is 187 Å². The van der Waals surface area contributed by atoms with Gasteiger partial charge in [0.2, 0.25) is 0 Å². The number of benzene rings is 2. The fourth-order valence-corrected chi connectivity index (χ4v) is 3.44. The molecule has 4 rings (SSSR count). The molecule has 0 unspecified atom stereocenters. The molecule has 2 heterocycles. The number of nitrogens with zero attached hydrogens (tertiary/aromatic N) is 1. The zero-order valence-electron chi connectivity index (χ0n) is 17.8. The molecule has 0 atom stereocenters. The highest BCUT2D eigenvalue weighted by atomic mass is 16.6. The summed E-state index contributed by atoms with van der Waals surface area (Å²) in [6.07, 6.45) is 5.23. The minimum Gasteiger partial charge on any atom is -0.390 e. The number of nitrogens with one attached hydrogen (secondary N) is 4. The van der Waals surface area contributed by atoms with E-state index in [1.165, 1.54) is 5.56 Å². The Kier molecular flexibility index (Phi) is 6.63. The van der Waals surface area contributed by atoms with Crippen LogP contribution in [0.4, 0.5) is 10.5 Å². The predicted octanol–water partition coefficient (Wildman–Crippen LogP) is 3.81. The molecule has 2 aromatic carbocycles. The largest absolute Gasteiger partial charge is 0.390 e. The lowest BCUT2D eigenvalue weighted by molar-refractivity contribution is 0.169. The predicted molar refractivity (Wildman–Crippen MR) is 126 cm³/mol. The summed E-state index contributed by atoms with van der Waals surface area (Å²) in [7, 11) is 0. The third-order valence-corrected chi connectivity index (χ3v) is 4.96. The van der Waals surface area contributed by atoms with Gasteiger partial charge in [0.1, 0.15) is 6.26 Å². The summed E-state index contributed by atoms with van der Waals surface area (Å²) in [5.74, 6) is 6.24. The molecule has 1 aliphatic rings. The summed E-state index contributed by atoms with van der Waals surface area (Å²) in [6.45, 7) is 3.88. The van der Waals surface area contributed by atoms with E-state index in [0.29, 0.717) is 6.54 Å². The van der Waals surface area contributed by atoms with Gasteiger partial charge in [0.25, 0.3) is 0 Å². The standard InChI is InChI=1S/C25H25N5O2/c1-2-30-23(9-6-13-26-25(31)29-21-7-4-3-5-8-21)16-20-15-19(10-11-24(20)30)17-27-22-12-14-32-28-18-22/h3-5,7-8,10-12,14-16,18,27-28H,2,13,17H2,1H3,(H2,26,29,31). The number of allylic oxidation sites excluding steroid dienone is 1. The van der Waals surface area contributed by atoms with Crippen molar-refractivity contribution >= 4 is 22.6 Å². The molecule has 0 aliphatic carbocycles. The van der Waals surface area contributed by atoms with E-state index in [0.717, 1.165) is 34.5 Å². The van der Waals surface area contributed by atoms with Gasteiger partial charge < -0.3 is 25.4 Å². The van der Waals surface area contributed by atoms with Crippen molar-refractivity contribution in [2.75, 3.05) is 11.9 Å². The lowest BCUT2D eigenvalue weighted by Crippen LogP contribution is -2.28. The normalized spacial score (nSPS) is 12.1. The van der Waals surface area contributed by atoms with Crippen LogP contribution in [0.15, 0.2) is 78.8 Å². The maximum Gasteiger partial charge on any atom is 0.319 e. The van der Waals surface area contributed by atoms with Gasteiger partial charge in [-0.25, -0.2) is 10.3 Å². The third kappa shape index (κ3) is 5.24. The Bertz CT molecular complexity index is 1220. The first kappa shape index (κ1) is 20.9. The summed E-state index contributed by atoms with van der Waals surface area (Å²) in [6, 6.07) is 17.5. The van der Waals surface area contributed by atoms with Crippen LogP contribution in [-0.2, 0) is 17.9 Å². The van der Waals surface area contributed by atoms with Gasteiger partial charge in [0.15, 0.2) is 0 Å². The number of hydrogen-bond donors (Lipinski definition) is 4. The Balaban J connectivity index is 1.39. The second-order valence-corrected chi connectivity index (χ2v) is 7.13. The van der Waals surface area contributed by atoms with Gasteiger partial charge in [0.05, 0.1) is 24.1 Å². The van der Waals surface area contributed by atoms with Crippen molar-refractivity contribution in [3.05, 3.63) is 90.1 Å². The van der Waals surface area contributed by atoms with Gasteiger partial charge in [-0.2, -0.15) is 0 Å². The van der Waals surface area contributed by atoms with Crippen molar-refractivity contribution in [1.82, 2.24) is 20.7 Å². The Morgan fingerprint density at radius 1 is 1.16 bits per heavy atom. The quantitative estimate of drug-likeness (QED) is 0.451. The molecular weight excluding hydrogens is 402 g/mol. The molecule has 7 heteroatoms. The second-order valence-electron chi connectivity index (χ2n) is 7.13. The van der Waals surface area contributed by atoms with E-state index in [4.69, 9.17) is 4.84 Å². The summed E-state index contributed by atoms with van der Waals surface area (Å²) in [5.41, 5.74) is 7.64. The van der Waals surface area contributed by atoms with Crippen molar-refractivity contribution in [3.8, 4) is 11.8 Å². The minimum absolute atomic E-state index is 0.263. The number of carbonyl (C=O) groups is 1. The molecular formula is C25H25N5O2. The van der Waals surface area contributed by atoms with E-state index in [1.807, 2.05) is 36.4 Å². The molecule has 0 spiro atoms. The number of anilines is 1. The molecule has 7 nitrogen and oxygen atoms in total. The van der Waals surface area contributed by atoms with Crippen LogP contribution < -0.4 is 21.4 Å². The van der Waals surface area contributed by atoms with Crippen molar-refractivity contribution < 1.29 is 9.63 Å². The molecule has 2 amide bonds. The highest BCUT2D eigenvalue weighted by Crippen LogP contribution is 2.21. The number of rotatable bonds is 6. The number of aryl methyl sites for hydroxylation is 1. The van der Waals surface area contributed by atoms with E-state index in [1.54, 1.807) is 12.5 Å². The maximum absolute atomic E-state index is 12.0. The third-order valence-electron chi connectivity index (χ3n) is 4.96. The van der Waals surface area contributed by atoms with Crippen molar-refractivity contribution in [1.29, 1.82) is 0 Å². The van der Waals surface area contributed by atoms with Crippen molar-refractivity contribution in [2.24, 2.45) is 0 Å². The van der Waals surface area contributed by atoms with Crippen LogP contribution in [0.5, 0.6) is 0 Å². The minimum atomic E-state index is -0.275. The molecule has 1 aliphatic heterocycles. The van der Waals surface area contributed by atoms with Crippen molar-refractivity contribution in [3.63, 3.8) is 0 Å². The van der Waals surface area contributed by atoms with Gasteiger partial charge >= 0.3 is 6.03 Å². The topological polar surface area (TPSA) is 79.4 Å². The molecule has 0 bridgehead atoms. The Hall–Kier alpha value is -4.31. The number of aromatic nitrogens is 1. The number of carbonyl (C=O) groups excluding carboxylic acids is 1. The molecule has 0 saturated carbocycles. The lowest BCUT2D eigenvalue weighted by atomic mass is 10.1. The fraction of sp³-hybridized carbons (Fsp3) is 0.160. The van der Waals surface area contributed by atoms with Crippen LogP contribution in [0.2, 0.25) is 0 Å². The van der Waals surface area contributed by atoms with E-state index < -0.39 is 0 Å². The van der Waals surface area contributed by atoms with Crippen LogP contribution in [-0.4, -0.2) is 17.1 Å². The van der Waals surface area contributed by atoms with Crippen LogP contribution in [0.3, 0.4) is 0 Å². The summed E-state index contributed by atoms with van der Waals surface area (Å²) >= 11 is 0. The maximum atomic E-state index is 12.0. The first-order valence-corrected chi connectivity index (χ1v) is 10.5. The number of urea groups is 1. The van der Waals surface area contributed by atoms with E-state index in [2.05, 4.69) is 69.0 Å². The summed E-state index contributed by atoms with van der Waals surface area (Å²) in [4.78, 5) is 16.9. The molecule has 0 saturated heterocycles. The Morgan fingerprint density at radius 3 is 2.81 bits per heavy atom. The average Bonchev–Trinajstić information content (AvgIpc) is 3.18. The van der Waals surface area contributed by atoms with Crippen LogP contribution in [0, 0.1) is 11.8 Å².